The second kappa shape index (κ2) is 10.5. The van der Waals surface area contributed by atoms with Gasteiger partial charge in [0, 0.05) is 50.0 Å². The number of ether oxygens (including phenoxy) is 1. The first-order chi connectivity index (χ1) is 17.6. The lowest BCUT2D eigenvalue weighted by atomic mass is 9.97. The smallest absolute Gasteiger partial charge is 0.310 e. The zero-order valence-electron chi connectivity index (χ0n) is 20.4. The van der Waals surface area contributed by atoms with Gasteiger partial charge in [-0.25, -0.2) is 4.39 Å². The highest BCUT2D eigenvalue weighted by Gasteiger charge is 2.32. The molecule has 0 radical (unpaired) electrons. The number of halogens is 1. The summed E-state index contributed by atoms with van der Waals surface area (Å²) in [5, 5.41) is 10.5. The number of amides is 1. The Hall–Kier alpha value is -3.75. The number of aromatic nitrogens is 2. The Labute approximate surface area is 209 Å². The number of fused-ring (bicyclic) bond motifs is 1. The molecule has 0 saturated carbocycles. The number of likely N-dealkylation sites (tertiary alicyclic amines) is 1. The Balaban J connectivity index is 1.36. The monoisotopic (exact) mass is 491 g/mol. The third-order valence-corrected chi connectivity index (χ3v) is 6.97. The number of hydrogen-bond donors (Lipinski definition) is 0. The van der Waals surface area contributed by atoms with Gasteiger partial charge in [-0.3, -0.25) is 9.59 Å². The second-order valence-corrected chi connectivity index (χ2v) is 9.19. The molecule has 2 fully saturated rings. The molecule has 1 aromatic heterocycles. The fourth-order valence-corrected chi connectivity index (χ4v) is 5.11. The number of anilines is 2. The molecule has 3 aromatic rings. The number of piperidine rings is 1. The van der Waals surface area contributed by atoms with Gasteiger partial charge >= 0.3 is 5.97 Å². The predicted octanol–water partition coefficient (Wildman–Crippen LogP) is 3.51. The zero-order chi connectivity index (χ0) is 25.1. The molecule has 0 aliphatic carbocycles. The largest absolute Gasteiger partial charge is 0.466 e. The number of para-hydroxylation sites is 1. The van der Waals surface area contributed by atoms with Gasteiger partial charge in [-0.05, 0) is 31.9 Å². The van der Waals surface area contributed by atoms with Crippen molar-refractivity contribution in [1.82, 2.24) is 15.1 Å². The van der Waals surface area contributed by atoms with Crippen molar-refractivity contribution in [2.45, 2.75) is 19.8 Å². The molecule has 2 aliphatic rings. The van der Waals surface area contributed by atoms with Crippen LogP contribution < -0.4 is 9.80 Å². The maximum Gasteiger partial charge on any atom is 0.310 e. The Bertz CT molecular complexity index is 1260. The average molecular weight is 492 g/mol. The molecule has 0 bridgehead atoms. The number of hydrogen-bond acceptors (Lipinski definition) is 7. The van der Waals surface area contributed by atoms with E-state index in [9.17, 15) is 14.0 Å². The average Bonchev–Trinajstić information content (AvgIpc) is 2.93. The van der Waals surface area contributed by atoms with Crippen LogP contribution in [-0.4, -0.2) is 72.8 Å². The Morgan fingerprint density at radius 1 is 0.944 bits per heavy atom. The Morgan fingerprint density at radius 2 is 1.64 bits per heavy atom. The second-order valence-electron chi connectivity index (χ2n) is 9.19. The van der Waals surface area contributed by atoms with Gasteiger partial charge in [0.2, 0.25) is 0 Å². The molecular weight excluding hydrogens is 461 g/mol. The predicted molar refractivity (Wildman–Crippen MR) is 136 cm³/mol. The molecule has 1 unspecified atom stereocenters. The van der Waals surface area contributed by atoms with Crippen LogP contribution in [0.15, 0.2) is 48.5 Å². The molecule has 9 heteroatoms. The van der Waals surface area contributed by atoms with Gasteiger partial charge in [-0.1, -0.05) is 36.4 Å². The number of piperazine rings is 1. The van der Waals surface area contributed by atoms with Gasteiger partial charge in [-0.15, -0.1) is 10.2 Å². The van der Waals surface area contributed by atoms with E-state index in [0.717, 1.165) is 23.0 Å². The number of nitrogens with zero attached hydrogens (tertiary/aromatic N) is 5. The van der Waals surface area contributed by atoms with Gasteiger partial charge in [-0.2, -0.15) is 0 Å². The Morgan fingerprint density at radius 3 is 2.39 bits per heavy atom. The minimum atomic E-state index is -0.313. The zero-order valence-corrected chi connectivity index (χ0v) is 20.4. The fraction of sp³-hybridized carbons (Fsp3) is 0.407. The van der Waals surface area contributed by atoms with Gasteiger partial charge < -0.3 is 19.4 Å². The van der Waals surface area contributed by atoms with Crippen molar-refractivity contribution in [3.8, 4) is 0 Å². The first-order valence-corrected chi connectivity index (χ1v) is 12.5. The van der Waals surface area contributed by atoms with Crippen LogP contribution >= 0.6 is 0 Å². The minimum Gasteiger partial charge on any atom is -0.466 e. The molecule has 1 amide bonds. The first-order valence-electron chi connectivity index (χ1n) is 12.5. The molecule has 36 heavy (non-hydrogen) atoms. The maximum absolute atomic E-state index is 14.2. The summed E-state index contributed by atoms with van der Waals surface area (Å²) in [7, 11) is 0. The van der Waals surface area contributed by atoms with E-state index >= 15 is 0 Å². The quantitative estimate of drug-likeness (QED) is 0.506. The van der Waals surface area contributed by atoms with Crippen LogP contribution in [0.4, 0.5) is 15.9 Å². The highest BCUT2D eigenvalue weighted by Crippen LogP contribution is 2.29. The highest BCUT2D eigenvalue weighted by atomic mass is 19.1. The maximum atomic E-state index is 14.2. The van der Waals surface area contributed by atoms with Gasteiger partial charge in [0.05, 0.1) is 18.2 Å². The van der Waals surface area contributed by atoms with E-state index in [1.807, 2.05) is 35.2 Å². The van der Waals surface area contributed by atoms with Crippen LogP contribution in [0.1, 0.15) is 30.3 Å². The van der Waals surface area contributed by atoms with Crippen molar-refractivity contribution >= 4 is 34.2 Å². The van der Waals surface area contributed by atoms with Gasteiger partial charge in [0.25, 0.3) is 5.91 Å². The third kappa shape index (κ3) is 4.69. The van der Waals surface area contributed by atoms with Crippen molar-refractivity contribution < 1.29 is 18.7 Å². The minimum absolute atomic E-state index is 0.219. The van der Waals surface area contributed by atoms with Crippen molar-refractivity contribution in [1.29, 1.82) is 0 Å². The van der Waals surface area contributed by atoms with Crippen LogP contribution in [-0.2, 0) is 9.53 Å². The number of benzene rings is 2. The van der Waals surface area contributed by atoms with Gasteiger partial charge in [0.1, 0.15) is 5.82 Å². The molecule has 188 valence electrons. The van der Waals surface area contributed by atoms with Crippen LogP contribution in [0.2, 0.25) is 0 Å². The number of esters is 1. The molecule has 1 atom stereocenters. The number of carbonyl (C=O) groups is 2. The molecule has 2 aliphatic heterocycles. The number of rotatable bonds is 5. The summed E-state index contributed by atoms with van der Waals surface area (Å²) >= 11 is 0. The standard InChI is InChI=1S/C27H30FN5O3/c1-2-36-27(35)19-8-7-13-33(18-19)26(34)24-20-9-3-4-10-21(20)25(30-29-24)32-16-14-31(15-17-32)23-12-6-5-11-22(23)28/h3-6,9-12,19H,2,7-8,13-18H2,1H3. The molecular formula is C27H30FN5O3. The SMILES string of the molecule is CCOC(=O)C1CCCN(C(=O)c2nnc(N3CCN(c4ccccc4F)CC3)c3ccccc23)C1. The lowest BCUT2D eigenvalue weighted by molar-refractivity contribution is -0.149. The van der Waals surface area contributed by atoms with E-state index in [1.165, 1.54) is 6.07 Å². The van der Waals surface area contributed by atoms with Crippen molar-refractivity contribution in [2.75, 3.05) is 55.7 Å². The third-order valence-electron chi connectivity index (χ3n) is 6.97. The van der Waals surface area contributed by atoms with Crippen molar-refractivity contribution in [3.05, 3.63) is 60.0 Å². The Kier molecular flexibility index (Phi) is 6.97. The lowest BCUT2D eigenvalue weighted by Gasteiger charge is -2.37. The molecule has 0 spiro atoms. The molecule has 8 nitrogen and oxygen atoms in total. The summed E-state index contributed by atoms with van der Waals surface area (Å²) in [5.74, 6) is -0.285. The van der Waals surface area contributed by atoms with Crippen LogP contribution in [0.25, 0.3) is 10.8 Å². The topological polar surface area (TPSA) is 78.9 Å². The van der Waals surface area contributed by atoms with Crippen molar-refractivity contribution in [2.24, 2.45) is 5.92 Å². The molecule has 3 heterocycles. The summed E-state index contributed by atoms with van der Waals surface area (Å²) in [5.41, 5.74) is 0.903. The van der Waals surface area contributed by atoms with Crippen LogP contribution in [0, 0.1) is 11.7 Å². The lowest BCUT2D eigenvalue weighted by Crippen LogP contribution is -2.47. The normalized spacial score (nSPS) is 18.4. The van der Waals surface area contributed by atoms with Crippen LogP contribution in [0.3, 0.4) is 0 Å². The van der Waals surface area contributed by atoms with E-state index in [4.69, 9.17) is 4.74 Å². The molecule has 0 N–H and O–H groups in total. The summed E-state index contributed by atoms with van der Waals surface area (Å²) in [4.78, 5) is 31.6. The fourth-order valence-electron chi connectivity index (χ4n) is 5.11. The first kappa shape index (κ1) is 24.0. The summed E-state index contributed by atoms with van der Waals surface area (Å²) in [6.45, 7) is 5.64. The molecule has 5 rings (SSSR count). The summed E-state index contributed by atoms with van der Waals surface area (Å²) in [6.07, 6.45) is 1.46. The molecule has 2 aromatic carbocycles. The summed E-state index contributed by atoms with van der Waals surface area (Å²) < 4.78 is 19.4. The summed E-state index contributed by atoms with van der Waals surface area (Å²) in [6, 6.07) is 14.5. The van der Waals surface area contributed by atoms with E-state index in [1.54, 1.807) is 24.0 Å². The van der Waals surface area contributed by atoms with Gasteiger partial charge in [0.15, 0.2) is 11.5 Å². The van der Waals surface area contributed by atoms with Crippen LogP contribution in [0.5, 0.6) is 0 Å². The van der Waals surface area contributed by atoms with E-state index < -0.39 is 0 Å². The van der Waals surface area contributed by atoms with Crippen molar-refractivity contribution in [3.63, 3.8) is 0 Å². The highest BCUT2D eigenvalue weighted by molar-refractivity contribution is 6.07. The molecule has 2 saturated heterocycles. The van der Waals surface area contributed by atoms with E-state index in [0.29, 0.717) is 63.7 Å². The number of carbonyl (C=O) groups excluding carboxylic acids is 2. The van der Waals surface area contributed by atoms with E-state index in [2.05, 4.69) is 15.1 Å². The van der Waals surface area contributed by atoms with E-state index in [-0.39, 0.29) is 23.6 Å².